The summed E-state index contributed by atoms with van der Waals surface area (Å²) in [4.78, 5) is 0. The van der Waals surface area contributed by atoms with Crippen molar-refractivity contribution in [2.75, 3.05) is 7.11 Å². The molecule has 0 bridgehead atoms. The number of hydrogen-bond donors (Lipinski definition) is 0. The molecule has 20 heavy (non-hydrogen) atoms. The van der Waals surface area contributed by atoms with Crippen LogP contribution < -0.4 is 4.74 Å². The normalized spacial score (nSPS) is 15.3. The van der Waals surface area contributed by atoms with E-state index in [1.54, 1.807) is 12.3 Å². The van der Waals surface area contributed by atoms with Gasteiger partial charge in [-0.25, -0.2) is 0 Å². The molecule has 0 fully saturated rings. The Morgan fingerprint density at radius 1 is 1.15 bits per heavy atom. The summed E-state index contributed by atoms with van der Waals surface area (Å²) < 4.78 is 5.79. The van der Waals surface area contributed by atoms with Gasteiger partial charge in [-0.3, -0.25) is 0 Å². The zero-order valence-corrected chi connectivity index (χ0v) is 14.7. The van der Waals surface area contributed by atoms with Gasteiger partial charge in [0.15, 0.2) is 0 Å². The average molecular weight is 286 g/mol. The van der Waals surface area contributed by atoms with Crippen LogP contribution in [0.15, 0.2) is 35.5 Å². The van der Waals surface area contributed by atoms with E-state index in [1.165, 1.54) is 16.7 Å². The van der Waals surface area contributed by atoms with E-state index in [4.69, 9.17) is 4.74 Å². The Bertz CT molecular complexity index is 559. The quantitative estimate of drug-likeness (QED) is 0.730. The standard InChI is InChI=1S/C18H26OSi/c1-18(2,3)15-11-7-10-14(17(15)19-4)13-9-8-12-16(13)20(5)6/h7-11,20H,12H2,1-6H3. The highest BCUT2D eigenvalue weighted by Crippen LogP contribution is 2.40. The van der Waals surface area contributed by atoms with E-state index < -0.39 is 8.80 Å². The Morgan fingerprint density at radius 2 is 1.85 bits per heavy atom. The van der Waals surface area contributed by atoms with Gasteiger partial charge in [0.1, 0.15) is 5.75 Å². The highest BCUT2D eigenvalue weighted by Gasteiger charge is 2.24. The molecular formula is C18H26OSi. The minimum absolute atomic E-state index is 0.0969. The summed E-state index contributed by atoms with van der Waals surface area (Å²) >= 11 is 0. The van der Waals surface area contributed by atoms with Gasteiger partial charge in [-0.15, -0.1) is 0 Å². The topological polar surface area (TPSA) is 9.23 Å². The van der Waals surface area contributed by atoms with Crippen molar-refractivity contribution in [3.63, 3.8) is 0 Å². The van der Waals surface area contributed by atoms with Crippen molar-refractivity contribution in [3.05, 3.63) is 46.7 Å². The number of hydrogen-bond acceptors (Lipinski definition) is 1. The van der Waals surface area contributed by atoms with Gasteiger partial charge in [-0.05, 0) is 17.4 Å². The van der Waals surface area contributed by atoms with Gasteiger partial charge < -0.3 is 4.74 Å². The number of para-hydroxylation sites is 1. The lowest BCUT2D eigenvalue weighted by atomic mass is 9.84. The maximum absolute atomic E-state index is 5.79. The van der Waals surface area contributed by atoms with Crippen molar-refractivity contribution in [1.29, 1.82) is 0 Å². The average Bonchev–Trinajstić information content (AvgIpc) is 2.85. The first-order chi connectivity index (χ1) is 9.36. The van der Waals surface area contributed by atoms with Crippen LogP contribution in [0.3, 0.4) is 0 Å². The highest BCUT2D eigenvalue weighted by molar-refractivity contribution is 6.65. The van der Waals surface area contributed by atoms with Crippen LogP contribution in [0, 0.1) is 0 Å². The summed E-state index contributed by atoms with van der Waals surface area (Å²) in [6, 6.07) is 6.56. The molecule has 0 aromatic heterocycles. The van der Waals surface area contributed by atoms with Crippen LogP contribution in [-0.2, 0) is 5.41 Å². The lowest BCUT2D eigenvalue weighted by molar-refractivity contribution is 0.396. The van der Waals surface area contributed by atoms with E-state index in [0.717, 1.165) is 12.2 Å². The van der Waals surface area contributed by atoms with Gasteiger partial charge in [0.2, 0.25) is 0 Å². The molecule has 0 saturated heterocycles. The predicted octanol–water partition coefficient (Wildman–Crippen LogP) is 4.73. The second-order valence-electron chi connectivity index (χ2n) is 6.84. The minimum atomic E-state index is -0.778. The van der Waals surface area contributed by atoms with Crippen molar-refractivity contribution in [2.45, 2.75) is 45.7 Å². The molecule has 0 radical (unpaired) electrons. The lowest BCUT2D eigenvalue weighted by Gasteiger charge is -2.24. The van der Waals surface area contributed by atoms with Gasteiger partial charge in [0, 0.05) is 11.1 Å². The SMILES string of the molecule is COc1c(C2=C([SiH](C)C)CC=C2)cccc1C(C)(C)C. The number of rotatable bonds is 3. The lowest BCUT2D eigenvalue weighted by Crippen LogP contribution is -2.14. The molecule has 0 atom stereocenters. The molecule has 0 saturated carbocycles. The van der Waals surface area contributed by atoms with Crippen LogP contribution in [0.2, 0.25) is 13.1 Å². The summed E-state index contributed by atoms with van der Waals surface area (Å²) in [6.07, 6.45) is 5.70. The van der Waals surface area contributed by atoms with Crippen molar-refractivity contribution in [2.24, 2.45) is 0 Å². The Kier molecular flexibility index (Phi) is 4.24. The summed E-state index contributed by atoms with van der Waals surface area (Å²) in [5, 5.41) is 1.65. The third kappa shape index (κ3) is 2.75. The van der Waals surface area contributed by atoms with E-state index in [0.29, 0.717) is 0 Å². The molecule has 108 valence electrons. The Morgan fingerprint density at radius 3 is 2.40 bits per heavy atom. The second kappa shape index (κ2) is 5.61. The molecule has 0 unspecified atom stereocenters. The maximum Gasteiger partial charge on any atom is 0.130 e. The van der Waals surface area contributed by atoms with Crippen molar-refractivity contribution in [3.8, 4) is 5.75 Å². The zero-order chi connectivity index (χ0) is 14.9. The molecule has 1 nitrogen and oxygen atoms in total. The molecule has 0 aliphatic heterocycles. The van der Waals surface area contributed by atoms with E-state index in [1.807, 2.05) is 0 Å². The fourth-order valence-corrected chi connectivity index (χ4v) is 4.37. The van der Waals surface area contributed by atoms with Crippen molar-refractivity contribution in [1.82, 2.24) is 0 Å². The third-order valence-electron chi connectivity index (χ3n) is 3.98. The van der Waals surface area contributed by atoms with E-state index in [-0.39, 0.29) is 5.41 Å². The monoisotopic (exact) mass is 286 g/mol. The van der Waals surface area contributed by atoms with Crippen LogP contribution in [0.5, 0.6) is 5.75 Å². The Hall–Kier alpha value is -1.28. The van der Waals surface area contributed by atoms with Crippen LogP contribution in [0.25, 0.3) is 5.57 Å². The summed E-state index contributed by atoms with van der Waals surface area (Å²) in [5.74, 6) is 1.05. The first kappa shape index (κ1) is 15.1. The number of allylic oxidation sites excluding steroid dienone is 4. The van der Waals surface area contributed by atoms with Crippen molar-refractivity contribution < 1.29 is 4.74 Å². The summed E-state index contributed by atoms with van der Waals surface area (Å²) in [7, 11) is 1.01. The van der Waals surface area contributed by atoms with Crippen molar-refractivity contribution >= 4 is 14.4 Å². The van der Waals surface area contributed by atoms with E-state index in [2.05, 4.69) is 64.2 Å². The van der Waals surface area contributed by atoms with Gasteiger partial charge in [-0.2, -0.15) is 0 Å². The van der Waals surface area contributed by atoms with E-state index >= 15 is 0 Å². The van der Waals surface area contributed by atoms with Crippen LogP contribution in [0.1, 0.15) is 38.3 Å². The molecule has 2 heteroatoms. The van der Waals surface area contributed by atoms with Gasteiger partial charge >= 0.3 is 0 Å². The first-order valence-electron chi connectivity index (χ1n) is 7.43. The molecule has 0 amide bonds. The third-order valence-corrected chi connectivity index (χ3v) is 5.92. The molecule has 0 N–H and O–H groups in total. The smallest absolute Gasteiger partial charge is 0.130 e. The fraction of sp³-hybridized carbons (Fsp3) is 0.444. The maximum atomic E-state index is 5.79. The number of benzene rings is 1. The molecule has 1 aliphatic rings. The predicted molar refractivity (Wildman–Crippen MR) is 91.2 cm³/mol. The van der Waals surface area contributed by atoms with Gasteiger partial charge in [0.25, 0.3) is 0 Å². The molecule has 0 spiro atoms. The second-order valence-corrected chi connectivity index (χ2v) is 9.84. The number of ether oxygens (including phenoxy) is 1. The summed E-state index contributed by atoms with van der Waals surface area (Å²) in [5.41, 5.74) is 4.06. The molecule has 1 aromatic rings. The molecule has 1 aromatic carbocycles. The Balaban J connectivity index is 2.64. The minimum Gasteiger partial charge on any atom is -0.496 e. The van der Waals surface area contributed by atoms with Crippen LogP contribution in [0.4, 0.5) is 0 Å². The number of methoxy groups -OCH3 is 1. The molecular weight excluding hydrogens is 260 g/mol. The van der Waals surface area contributed by atoms with Crippen LogP contribution >= 0.6 is 0 Å². The largest absolute Gasteiger partial charge is 0.496 e. The Labute approximate surface area is 125 Å². The van der Waals surface area contributed by atoms with Gasteiger partial charge in [0.05, 0.1) is 15.9 Å². The molecule has 0 heterocycles. The zero-order valence-electron chi connectivity index (χ0n) is 13.6. The molecule has 2 rings (SSSR count). The van der Waals surface area contributed by atoms with Crippen LogP contribution in [-0.4, -0.2) is 15.9 Å². The molecule has 1 aliphatic carbocycles. The van der Waals surface area contributed by atoms with E-state index in [9.17, 15) is 0 Å². The van der Waals surface area contributed by atoms with Gasteiger partial charge in [-0.1, -0.05) is 69.4 Å². The highest BCUT2D eigenvalue weighted by atomic mass is 28.3. The summed E-state index contributed by atoms with van der Waals surface area (Å²) in [6.45, 7) is 11.5. The fourth-order valence-electron chi connectivity index (χ4n) is 2.89. The first-order valence-corrected chi connectivity index (χ1v) is 10.3.